The number of benzene rings is 2. The zero-order valence-corrected chi connectivity index (χ0v) is 14.5. The number of anilines is 2. The molecule has 2 N–H and O–H groups in total. The van der Waals surface area contributed by atoms with E-state index in [0.717, 1.165) is 51.1 Å². The Labute approximate surface area is 149 Å². The molecule has 130 valence electrons. The molecule has 0 aromatic heterocycles. The van der Waals surface area contributed by atoms with Gasteiger partial charge in [-0.2, -0.15) is 0 Å². The Balaban J connectivity index is 1.36. The topological polar surface area (TPSA) is 49.6 Å². The van der Waals surface area contributed by atoms with Crippen molar-refractivity contribution < 1.29 is 4.79 Å². The quantitative estimate of drug-likeness (QED) is 0.859. The molecule has 0 radical (unpaired) electrons. The number of hydrogen-bond donors (Lipinski definition) is 1. The molecule has 1 unspecified atom stereocenters. The number of amides is 1. The third-order valence-electron chi connectivity index (χ3n) is 5.55. The van der Waals surface area contributed by atoms with Gasteiger partial charge in [0.05, 0.1) is 0 Å². The standard InChI is InChI=1S/C21H25N3O/c22-19-7-9-20(10-8-19)23-11-13-24(14-12-23)21(25)18-6-5-16-3-1-2-4-17(16)15-18/h1-4,7-10,18H,5-6,11-15,22H2. The molecule has 4 nitrogen and oxygen atoms in total. The second kappa shape index (κ2) is 6.79. The van der Waals surface area contributed by atoms with Crippen molar-refractivity contribution >= 4 is 17.3 Å². The van der Waals surface area contributed by atoms with Gasteiger partial charge in [-0.15, -0.1) is 0 Å². The molecular formula is C21H25N3O. The average Bonchev–Trinajstić information content (AvgIpc) is 2.68. The Morgan fingerprint density at radius 1 is 0.920 bits per heavy atom. The van der Waals surface area contributed by atoms with Gasteiger partial charge in [0, 0.05) is 43.5 Å². The molecule has 1 heterocycles. The van der Waals surface area contributed by atoms with Gasteiger partial charge >= 0.3 is 0 Å². The highest BCUT2D eigenvalue weighted by molar-refractivity contribution is 5.80. The van der Waals surface area contributed by atoms with E-state index in [2.05, 4.69) is 46.2 Å². The highest BCUT2D eigenvalue weighted by atomic mass is 16.2. The minimum atomic E-state index is 0.151. The van der Waals surface area contributed by atoms with E-state index < -0.39 is 0 Å². The van der Waals surface area contributed by atoms with Crippen LogP contribution in [0.2, 0.25) is 0 Å². The average molecular weight is 335 g/mol. The van der Waals surface area contributed by atoms with Crippen LogP contribution in [0.15, 0.2) is 48.5 Å². The number of nitrogen functional groups attached to an aromatic ring is 1. The molecular weight excluding hydrogens is 310 g/mol. The lowest BCUT2D eigenvalue weighted by Crippen LogP contribution is -2.51. The molecule has 4 rings (SSSR count). The maximum absolute atomic E-state index is 12.9. The van der Waals surface area contributed by atoms with Crippen LogP contribution in [0.5, 0.6) is 0 Å². The summed E-state index contributed by atoms with van der Waals surface area (Å²) in [4.78, 5) is 17.3. The number of carbonyl (C=O) groups excluding carboxylic acids is 1. The number of aryl methyl sites for hydroxylation is 1. The molecule has 0 saturated carbocycles. The Bertz CT molecular complexity index is 748. The van der Waals surface area contributed by atoms with Crippen LogP contribution in [0.4, 0.5) is 11.4 Å². The first-order valence-corrected chi connectivity index (χ1v) is 9.17. The summed E-state index contributed by atoms with van der Waals surface area (Å²) in [7, 11) is 0. The smallest absolute Gasteiger partial charge is 0.226 e. The first-order valence-electron chi connectivity index (χ1n) is 9.17. The number of piperazine rings is 1. The predicted octanol–water partition coefficient (Wildman–Crippen LogP) is 2.72. The third-order valence-corrected chi connectivity index (χ3v) is 5.55. The molecule has 1 saturated heterocycles. The normalized spacial score (nSPS) is 20.2. The molecule has 0 bridgehead atoms. The summed E-state index contributed by atoms with van der Waals surface area (Å²) in [5, 5.41) is 0. The Kier molecular flexibility index (Phi) is 4.35. The van der Waals surface area contributed by atoms with Crippen LogP contribution in [0.25, 0.3) is 0 Å². The lowest BCUT2D eigenvalue weighted by molar-refractivity contribution is -0.136. The summed E-state index contributed by atoms with van der Waals surface area (Å²) < 4.78 is 0. The van der Waals surface area contributed by atoms with E-state index in [1.807, 2.05) is 12.1 Å². The van der Waals surface area contributed by atoms with Crippen molar-refractivity contribution in [3.8, 4) is 0 Å². The van der Waals surface area contributed by atoms with Crippen molar-refractivity contribution in [1.29, 1.82) is 0 Å². The monoisotopic (exact) mass is 335 g/mol. The SMILES string of the molecule is Nc1ccc(N2CCN(C(=O)C3CCc4ccccc4C3)CC2)cc1. The largest absolute Gasteiger partial charge is 0.399 e. The summed E-state index contributed by atoms with van der Waals surface area (Å²) in [6.45, 7) is 3.39. The Morgan fingerprint density at radius 2 is 1.60 bits per heavy atom. The van der Waals surface area contributed by atoms with Gasteiger partial charge in [-0.05, 0) is 54.7 Å². The molecule has 25 heavy (non-hydrogen) atoms. The number of rotatable bonds is 2. The zero-order chi connectivity index (χ0) is 17.2. The molecule has 1 atom stereocenters. The van der Waals surface area contributed by atoms with Crippen molar-refractivity contribution in [2.75, 3.05) is 36.8 Å². The fourth-order valence-electron chi connectivity index (χ4n) is 4.04. The lowest BCUT2D eigenvalue weighted by atomic mass is 9.83. The molecule has 0 spiro atoms. The fraction of sp³-hybridized carbons (Fsp3) is 0.381. The van der Waals surface area contributed by atoms with Gasteiger partial charge in [-0.25, -0.2) is 0 Å². The Hall–Kier alpha value is -2.49. The summed E-state index contributed by atoms with van der Waals surface area (Å²) in [5.41, 5.74) is 10.5. The van der Waals surface area contributed by atoms with Crippen LogP contribution in [0, 0.1) is 5.92 Å². The maximum atomic E-state index is 12.9. The zero-order valence-electron chi connectivity index (χ0n) is 14.5. The van der Waals surface area contributed by atoms with Crippen LogP contribution in [-0.2, 0) is 17.6 Å². The van der Waals surface area contributed by atoms with Crippen LogP contribution < -0.4 is 10.6 Å². The second-order valence-electron chi connectivity index (χ2n) is 7.11. The molecule has 4 heteroatoms. The summed E-state index contributed by atoms with van der Waals surface area (Å²) >= 11 is 0. The Morgan fingerprint density at radius 3 is 2.32 bits per heavy atom. The molecule has 1 amide bonds. The minimum absolute atomic E-state index is 0.151. The van der Waals surface area contributed by atoms with Gasteiger partial charge in [0.15, 0.2) is 0 Å². The number of hydrogen-bond acceptors (Lipinski definition) is 3. The van der Waals surface area contributed by atoms with E-state index in [1.54, 1.807) is 0 Å². The van der Waals surface area contributed by atoms with Gasteiger partial charge < -0.3 is 15.5 Å². The van der Waals surface area contributed by atoms with Gasteiger partial charge in [0.2, 0.25) is 5.91 Å². The molecule has 2 aromatic carbocycles. The fourth-order valence-corrected chi connectivity index (χ4v) is 4.04. The van der Waals surface area contributed by atoms with E-state index in [4.69, 9.17) is 5.73 Å². The summed E-state index contributed by atoms with van der Waals surface area (Å²) in [5.74, 6) is 0.490. The molecule has 1 aliphatic heterocycles. The minimum Gasteiger partial charge on any atom is -0.399 e. The summed E-state index contributed by atoms with van der Waals surface area (Å²) in [6, 6.07) is 16.5. The number of carbonyl (C=O) groups is 1. The third kappa shape index (κ3) is 3.34. The van der Waals surface area contributed by atoms with Crippen molar-refractivity contribution in [3.05, 3.63) is 59.7 Å². The van der Waals surface area contributed by atoms with Crippen molar-refractivity contribution in [3.63, 3.8) is 0 Å². The van der Waals surface area contributed by atoms with Crippen molar-refractivity contribution in [1.82, 2.24) is 4.90 Å². The second-order valence-corrected chi connectivity index (χ2v) is 7.11. The maximum Gasteiger partial charge on any atom is 0.226 e. The van der Waals surface area contributed by atoms with Gasteiger partial charge in [-0.1, -0.05) is 24.3 Å². The summed E-state index contributed by atoms with van der Waals surface area (Å²) in [6.07, 6.45) is 2.90. The number of nitrogens with two attached hydrogens (primary N) is 1. The number of nitrogens with zero attached hydrogens (tertiary/aromatic N) is 2. The lowest BCUT2D eigenvalue weighted by Gasteiger charge is -2.38. The van der Waals surface area contributed by atoms with E-state index >= 15 is 0 Å². The van der Waals surface area contributed by atoms with Crippen LogP contribution in [0.3, 0.4) is 0 Å². The molecule has 2 aromatic rings. The van der Waals surface area contributed by atoms with Crippen molar-refractivity contribution in [2.24, 2.45) is 5.92 Å². The molecule has 1 aliphatic carbocycles. The highest BCUT2D eigenvalue weighted by Gasteiger charge is 2.30. The number of fused-ring (bicyclic) bond motifs is 1. The molecule has 1 fully saturated rings. The van der Waals surface area contributed by atoms with Crippen LogP contribution in [-0.4, -0.2) is 37.0 Å². The first kappa shape index (κ1) is 16.0. The van der Waals surface area contributed by atoms with E-state index in [9.17, 15) is 4.79 Å². The van der Waals surface area contributed by atoms with Crippen LogP contribution >= 0.6 is 0 Å². The van der Waals surface area contributed by atoms with E-state index in [0.29, 0.717) is 5.91 Å². The van der Waals surface area contributed by atoms with E-state index in [1.165, 1.54) is 16.8 Å². The van der Waals surface area contributed by atoms with Gasteiger partial charge in [0.25, 0.3) is 0 Å². The highest BCUT2D eigenvalue weighted by Crippen LogP contribution is 2.27. The predicted molar refractivity (Wildman–Crippen MR) is 102 cm³/mol. The molecule has 2 aliphatic rings. The first-order chi connectivity index (χ1) is 12.2. The van der Waals surface area contributed by atoms with Gasteiger partial charge in [0.1, 0.15) is 0 Å². The van der Waals surface area contributed by atoms with Crippen molar-refractivity contribution in [2.45, 2.75) is 19.3 Å². The van der Waals surface area contributed by atoms with Gasteiger partial charge in [-0.3, -0.25) is 4.79 Å². The van der Waals surface area contributed by atoms with E-state index in [-0.39, 0.29) is 5.92 Å². The van der Waals surface area contributed by atoms with Crippen LogP contribution in [0.1, 0.15) is 17.5 Å².